The Labute approximate surface area is 146 Å². The summed E-state index contributed by atoms with van der Waals surface area (Å²) < 4.78 is 6.93. The van der Waals surface area contributed by atoms with Crippen LogP contribution in [-0.2, 0) is 11.3 Å². The van der Waals surface area contributed by atoms with Crippen LogP contribution in [0.3, 0.4) is 0 Å². The highest BCUT2D eigenvalue weighted by atomic mass is 16.5. The fraction of sp³-hybridized carbons (Fsp3) is 0.211. The first-order valence-corrected chi connectivity index (χ1v) is 8.04. The van der Waals surface area contributed by atoms with Crippen molar-refractivity contribution in [2.24, 2.45) is 0 Å². The van der Waals surface area contributed by atoms with Crippen molar-refractivity contribution in [3.05, 3.63) is 78.5 Å². The molecule has 25 heavy (non-hydrogen) atoms. The van der Waals surface area contributed by atoms with Crippen LogP contribution in [0.2, 0.25) is 0 Å². The molecule has 3 rings (SSSR count). The highest BCUT2D eigenvalue weighted by Crippen LogP contribution is 2.12. The van der Waals surface area contributed by atoms with Crippen LogP contribution in [0.4, 0.5) is 0 Å². The van der Waals surface area contributed by atoms with Gasteiger partial charge in [-0.25, -0.2) is 9.97 Å². The topological polar surface area (TPSA) is 60.2 Å². The van der Waals surface area contributed by atoms with Gasteiger partial charge in [-0.05, 0) is 17.7 Å². The fourth-order valence-electron chi connectivity index (χ4n) is 2.53. The van der Waals surface area contributed by atoms with E-state index in [1.54, 1.807) is 53.6 Å². The number of nitrogens with zero attached hydrogens (tertiary/aromatic N) is 4. The maximum absolute atomic E-state index is 13.0. The van der Waals surface area contributed by atoms with Crippen LogP contribution in [0.25, 0.3) is 5.82 Å². The zero-order valence-corrected chi connectivity index (χ0v) is 14.1. The van der Waals surface area contributed by atoms with Crippen molar-refractivity contribution in [2.75, 3.05) is 20.3 Å². The van der Waals surface area contributed by atoms with Crippen molar-refractivity contribution in [3.63, 3.8) is 0 Å². The maximum atomic E-state index is 13.0. The van der Waals surface area contributed by atoms with E-state index in [1.807, 2.05) is 30.3 Å². The predicted octanol–water partition coefficient (Wildman–Crippen LogP) is 2.56. The van der Waals surface area contributed by atoms with Gasteiger partial charge in [-0.1, -0.05) is 30.3 Å². The zero-order chi connectivity index (χ0) is 17.5. The van der Waals surface area contributed by atoms with Gasteiger partial charge in [0.2, 0.25) is 0 Å². The van der Waals surface area contributed by atoms with E-state index >= 15 is 0 Å². The minimum absolute atomic E-state index is 0.0512. The number of imidazole rings is 1. The molecule has 0 unspecified atom stereocenters. The number of ether oxygens (including phenoxy) is 1. The van der Waals surface area contributed by atoms with Crippen LogP contribution in [-0.4, -0.2) is 45.6 Å². The van der Waals surface area contributed by atoms with Crippen LogP contribution in [0, 0.1) is 0 Å². The van der Waals surface area contributed by atoms with Gasteiger partial charge < -0.3 is 9.64 Å². The quantitative estimate of drug-likeness (QED) is 0.665. The molecule has 0 aliphatic carbocycles. The van der Waals surface area contributed by atoms with E-state index in [0.29, 0.717) is 31.1 Å². The maximum Gasteiger partial charge on any atom is 0.254 e. The van der Waals surface area contributed by atoms with E-state index in [9.17, 15) is 4.79 Å². The summed E-state index contributed by atoms with van der Waals surface area (Å²) >= 11 is 0. The van der Waals surface area contributed by atoms with Gasteiger partial charge in [0.1, 0.15) is 12.1 Å². The van der Waals surface area contributed by atoms with E-state index in [1.165, 1.54) is 0 Å². The summed E-state index contributed by atoms with van der Waals surface area (Å²) in [6.07, 6.45) is 6.77. The van der Waals surface area contributed by atoms with Gasteiger partial charge in [0.15, 0.2) is 0 Å². The molecule has 0 atom stereocenters. The molecule has 0 saturated heterocycles. The number of amides is 1. The summed E-state index contributed by atoms with van der Waals surface area (Å²) in [4.78, 5) is 23.1. The molecule has 1 amide bonds. The van der Waals surface area contributed by atoms with Gasteiger partial charge in [0.25, 0.3) is 5.91 Å². The molecule has 128 valence electrons. The summed E-state index contributed by atoms with van der Waals surface area (Å²) in [7, 11) is 1.63. The summed E-state index contributed by atoms with van der Waals surface area (Å²) in [5.74, 6) is 0.611. The minimum Gasteiger partial charge on any atom is -0.383 e. The van der Waals surface area contributed by atoms with Gasteiger partial charge in [-0.15, -0.1) is 0 Å². The number of hydrogen-bond acceptors (Lipinski definition) is 4. The summed E-state index contributed by atoms with van der Waals surface area (Å²) in [6.45, 7) is 1.54. The van der Waals surface area contributed by atoms with Crippen molar-refractivity contribution >= 4 is 5.91 Å². The summed E-state index contributed by atoms with van der Waals surface area (Å²) in [5.41, 5.74) is 1.67. The van der Waals surface area contributed by atoms with Crippen LogP contribution >= 0.6 is 0 Å². The Bertz CT molecular complexity index is 803. The number of carbonyl (C=O) groups is 1. The number of carbonyl (C=O) groups excluding carboxylic acids is 1. The lowest BCUT2D eigenvalue weighted by Gasteiger charge is -2.23. The molecule has 1 aromatic carbocycles. The molecule has 6 nitrogen and oxygen atoms in total. The number of methoxy groups -OCH3 is 1. The van der Waals surface area contributed by atoms with Crippen LogP contribution < -0.4 is 0 Å². The molecule has 0 bridgehead atoms. The molecule has 2 aromatic heterocycles. The number of rotatable bonds is 7. The third-order valence-electron chi connectivity index (χ3n) is 3.83. The molecule has 0 spiro atoms. The van der Waals surface area contributed by atoms with E-state index < -0.39 is 0 Å². The zero-order valence-electron chi connectivity index (χ0n) is 14.1. The van der Waals surface area contributed by atoms with Crippen molar-refractivity contribution < 1.29 is 9.53 Å². The second-order valence-electron chi connectivity index (χ2n) is 5.58. The summed E-state index contributed by atoms with van der Waals surface area (Å²) in [6, 6.07) is 13.4. The lowest BCUT2D eigenvalue weighted by molar-refractivity contribution is 0.0680. The number of aromatic nitrogens is 3. The molecule has 0 fully saturated rings. The van der Waals surface area contributed by atoms with E-state index in [-0.39, 0.29) is 5.91 Å². The van der Waals surface area contributed by atoms with Gasteiger partial charge in [-0.3, -0.25) is 9.36 Å². The molecular formula is C19H20N4O2. The molecule has 0 saturated carbocycles. The molecule has 3 aromatic rings. The SMILES string of the molecule is COCCN(Cc1ccccc1)C(=O)c1ccnc(-n2ccnc2)c1. The Morgan fingerprint density at radius 3 is 2.76 bits per heavy atom. The second kappa shape index (κ2) is 8.21. The van der Waals surface area contributed by atoms with Gasteiger partial charge >= 0.3 is 0 Å². The fourth-order valence-corrected chi connectivity index (χ4v) is 2.53. The van der Waals surface area contributed by atoms with Gasteiger partial charge in [-0.2, -0.15) is 0 Å². The van der Waals surface area contributed by atoms with Gasteiger partial charge in [0.05, 0.1) is 6.61 Å². The van der Waals surface area contributed by atoms with Crippen molar-refractivity contribution in [1.82, 2.24) is 19.4 Å². The molecule has 0 radical (unpaired) electrons. The van der Waals surface area contributed by atoms with Crippen LogP contribution in [0.15, 0.2) is 67.4 Å². The van der Waals surface area contributed by atoms with Crippen LogP contribution in [0.5, 0.6) is 0 Å². The number of benzene rings is 1. The monoisotopic (exact) mass is 336 g/mol. The van der Waals surface area contributed by atoms with E-state index in [4.69, 9.17) is 4.74 Å². The Morgan fingerprint density at radius 1 is 1.20 bits per heavy atom. The lowest BCUT2D eigenvalue weighted by Crippen LogP contribution is -2.33. The average molecular weight is 336 g/mol. The first-order chi connectivity index (χ1) is 12.3. The first kappa shape index (κ1) is 16.9. The molecule has 6 heteroatoms. The number of hydrogen-bond donors (Lipinski definition) is 0. The third kappa shape index (κ3) is 4.30. The molecular weight excluding hydrogens is 316 g/mol. The third-order valence-corrected chi connectivity index (χ3v) is 3.83. The first-order valence-electron chi connectivity index (χ1n) is 8.04. The summed E-state index contributed by atoms with van der Waals surface area (Å²) in [5, 5.41) is 0. The number of pyridine rings is 1. The Hall–Kier alpha value is -2.99. The van der Waals surface area contributed by atoms with Crippen molar-refractivity contribution in [3.8, 4) is 5.82 Å². The predicted molar refractivity (Wildman–Crippen MR) is 94.4 cm³/mol. The minimum atomic E-state index is -0.0512. The average Bonchev–Trinajstić information content (AvgIpc) is 3.20. The van der Waals surface area contributed by atoms with Crippen molar-refractivity contribution in [1.29, 1.82) is 0 Å². The van der Waals surface area contributed by atoms with Crippen molar-refractivity contribution in [2.45, 2.75) is 6.54 Å². The molecule has 2 heterocycles. The molecule has 0 aliphatic rings. The molecule has 0 aliphatic heterocycles. The van der Waals surface area contributed by atoms with E-state index in [2.05, 4.69) is 9.97 Å². The largest absolute Gasteiger partial charge is 0.383 e. The Kier molecular flexibility index (Phi) is 5.53. The lowest BCUT2D eigenvalue weighted by atomic mass is 10.1. The Balaban J connectivity index is 1.83. The standard InChI is InChI=1S/C19H20N4O2/c1-25-12-11-22(14-16-5-3-2-4-6-16)19(24)17-7-8-21-18(13-17)23-10-9-20-15-23/h2-10,13,15H,11-12,14H2,1H3. The van der Waals surface area contributed by atoms with E-state index in [0.717, 1.165) is 5.56 Å². The normalized spacial score (nSPS) is 10.6. The highest BCUT2D eigenvalue weighted by molar-refractivity contribution is 5.94. The van der Waals surface area contributed by atoms with Gasteiger partial charge in [0, 0.05) is 44.4 Å². The second-order valence-corrected chi connectivity index (χ2v) is 5.58. The molecule has 0 N–H and O–H groups in total. The highest BCUT2D eigenvalue weighted by Gasteiger charge is 2.17. The smallest absolute Gasteiger partial charge is 0.254 e. The Morgan fingerprint density at radius 2 is 2.04 bits per heavy atom. The van der Waals surface area contributed by atoms with Crippen LogP contribution in [0.1, 0.15) is 15.9 Å².